The topological polar surface area (TPSA) is 79.2 Å². The molecule has 0 spiro atoms. The first-order valence-electron chi connectivity index (χ1n) is 9.71. The van der Waals surface area contributed by atoms with Crippen LogP contribution in [0.15, 0.2) is 42.7 Å². The van der Waals surface area contributed by atoms with Gasteiger partial charge < -0.3 is 15.1 Å². The molecule has 2 aromatic heterocycles. The van der Waals surface area contributed by atoms with Gasteiger partial charge in [-0.1, -0.05) is 6.07 Å². The number of carbonyl (C=O) groups is 1. The van der Waals surface area contributed by atoms with E-state index in [2.05, 4.69) is 37.2 Å². The first kappa shape index (κ1) is 19.1. The molecule has 0 saturated carbocycles. The molecule has 0 unspecified atom stereocenters. The van der Waals surface area contributed by atoms with E-state index < -0.39 is 0 Å². The van der Waals surface area contributed by atoms with Crippen molar-refractivity contribution < 1.29 is 4.79 Å². The van der Waals surface area contributed by atoms with Crippen molar-refractivity contribution in [3.05, 3.63) is 59.7 Å². The van der Waals surface area contributed by atoms with Gasteiger partial charge in [0.2, 0.25) is 5.95 Å². The smallest absolute Gasteiger partial charge is 0.255 e. The number of nitrogens with zero attached hydrogens (tertiary/aromatic N) is 6. The van der Waals surface area contributed by atoms with E-state index >= 15 is 0 Å². The van der Waals surface area contributed by atoms with Crippen LogP contribution >= 0.6 is 0 Å². The molecular formula is C21H25N7O. The SMILES string of the molecule is Cc1nc(N2CCN(C)CC2)nc(C)c1NC(=O)c1cccc(-n2cccn2)c1. The molecular weight excluding hydrogens is 366 g/mol. The van der Waals surface area contributed by atoms with Crippen LogP contribution in [0.1, 0.15) is 21.7 Å². The summed E-state index contributed by atoms with van der Waals surface area (Å²) >= 11 is 0. The van der Waals surface area contributed by atoms with Crippen LogP contribution in [0.2, 0.25) is 0 Å². The first-order chi connectivity index (χ1) is 14.0. The zero-order chi connectivity index (χ0) is 20.4. The van der Waals surface area contributed by atoms with E-state index in [1.807, 2.05) is 44.3 Å². The molecule has 8 heteroatoms. The largest absolute Gasteiger partial charge is 0.338 e. The van der Waals surface area contributed by atoms with E-state index in [0.29, 0.717) is 11.3 Å². The minimum Gasteiger partial charge on any atom is -0.338 e. The van der Waals surface area contributed by atoms with Gasteiger partial charge in [-0.15, -0.1) is 0 Å². The van der Waals surface area contributed by atoms with Crippen molar-refractivity contribution in [2.75, 3.05) is 43.4 Å². The van der Waals surface area contributed by atoms with Crippen molar-refractivity contribution >= 4 is 17.5 Å². The molecule has 3 heterocycles. The number of amides is 1. The Morgan fingerprint density at radius 2 is 1.76 bits per heavy atom. The van der Waals surface area contributed by atoms with Crippen molar-refractivity contribution in [2.45, 2.75) is 13.8 Å². The molecule has 1 aliphatic heterocycles. The van der Waals surface area contributed by atoms with E-state index in [9.17, 15) is 4.79 Å². The molecule has 0 aliphatic carbocycles. The number of piperazine rings is 1. The second-order valence-corrected chi connectivity index (χ2v) is 7.31. The maximum absolute atomic E-state index is 12.9. The number of rotatable bonds is 4. The normalized spacial score (nSPS) is 14.8. The van der Waals surface area contributed by atoms with E-state index in [1.54, 1.807) is 16.9 Å². The summed E-state index contributed by atoms with van der Waals surface area (Å²) in [4.78, 5) is 26.6. The third-order valence-corrected chi connectivity index (χ3v) is 5.16. The maximum Gasteiger partial charge on any atom is 0.255 e. The van der Waals surface area contributed by atoms with E-state index in [-0.39, 0.29) is 5.91 Å². The van der Waals surface area contributed by atoms with Crippen molar-refractivity contribution in [1.29, 1.82) is 0 Å². The van der Waals surface area contributed by atoms with Crippen LogP contribution in [-0.4, -0.2) is 63.8 Å². The van der Waals surface area contributed by atoms with Crippen LogP contribution in [-0.2, 0) is 0 Å². The Morgan fingerprint density at radius 1 is 1.03 bits per heavy atom. The molecule has 1 aromatic carbocycles. The maximum atomic E-state index is 12.9. The predicted molar refractivity (Wildman–Crippen MR) is 113 cm³/mol. The Morgan fingerprint density at radius 3 is 2.41 bits per heavy atom. The first-order valence-corrected chi connectivity index (χ1v) is 9.71. The third-order valence-electron chi connectivity index (χ3n) is 5.16. The fourth-order valence-electron chi connectivity index (χ4n) is 3.42. The Labute approximate surface area is 170 Å². The lowest BCUT2D eigenvalue weighted by Gasteiger charge is -2.32. The Kier molecular flexibility index (Phi) is 5.26. The van der Waals surface area contributed by atoms with Gasteiger partial charge in [-0.3, -0.25) is 4.79 Å². The van der Waals surface area contributed by atoms with Crippen LogP contribution in [0.5, 0.6) is 0 Å². The van der Waals surface area contributed by atoms with Gasteiger partial charge in [0.15, 0.2) is 0 Å². The molecule has 8 nitrogen and oxygen atoms in total. The Hall–Kier alpha value is -3.26. The molecule has 0 bridgehead atoms. The van der Waals surface area contributed by atoms with Crippen molar-refractivity contribution in [2.24, 2.45) is 0 Å². The molecule has 3 aromatic rings. The van der Waals surface area contributed by atoms with Gasteiger partial charge in [-0.25, -0.2) is 14.6 Å². The van der Waals surface area contributed by atoms with Gasteiger partial charge in [0.05, 0.1) is 22.8 Å². The summed E-state index contributed by atoms with van der Waals surface area (Å²) in [7, 11) is 2.12. The van der Waals surface area contributed by atoms with Crippen molar-refractivity contribution in [1.82, 2.24) is 24.6 Å². The fourth-order valence-corrected chi connectivity index (χ4v) is 3.42. The van der Waals surface area contributed by atoms with Crippen molar-refractivity contribution in [3.8, 4) is 5.69 Å². The highest BCUT2D eigenvalue weighted by Gasteiger charge is 2.19. The molecule has 0 radical (unpaired) electrons. The molecule has 0 atom stereocenters. The Bertz CT molecular complexity index is 985. The third kappa shape index (κ3) is 4.12. The summed E-state index contributed by atoms with van der Waals surface area (Å²) in [5, 5.41) is 7.20. The van der Waals surface area contributed by atoms with Gasteiger partial charge in [-0.05, 0) is 45.2 Å². The van der Waals surface area contributed by atoms with E-state index in [1.165, 1.54) is 0 Å². The number of likely N-dealkylation sites (N-methyl/N-ethyl adjacent to an activating group) is 1. The molecule has 1 aliphatic rings. The van der Waals surface area contributed by atoms with Crippen molar-refractivity contribution in [3.63, 3.8) is 0 Å². The predicted octanol–water partition coefficient (Wildman–Crippen LogP) is 2.28. The summed E-state index contributed by atoms with van der Waals surface area (Å²) < 4.78 is 1.72. The zero-order valence-electron chi connectivity index (χ0n) is 17.0. The van der Waals surface area contributed by atoms with Crippen LogP contribution in [0.4, 0.5) is 11.6 Å². The van der Waals surface area contributed by atoms with E-state index in [0.717, 1.165) is 49.2 Å². The van der Waals surface area contributed by atoms with Gasteiger partial charge in [0, 0.05) is 44.1 Å². The monoisotopic (exact) mass is 391 g/mol. The minimum atomic E-state index is -0.193. The fraction of sp³-hybridized carbons (Fsp3) is 0.333. The molecule has 150 valence electrons. The molecule has 29 heavy (non-hydrogen) atoms. The zero-order valence-corrected chi connectivity index (χ0v) is 17.0. The minimum absolute atomic E-state index is 0.193. The number of carbonyl (C=O) groups excluding carboxylic acids is 1. The lowest BCUT2D eigenvalue weighted by molar-refractivity contribution is 0.102. The standard InChI is InChI=1S/C21H25N7O/c1-15-19(16(2)24-21(23-15)27-12-10-26(3)11-13-27)25-20(29)17-6-4-7-18(14-17)28-9-5-8-22-28/h4-9,14H,10-13H2,1-3H3,(H,25,29). The lowest BCUT2D eigenvalue weighted by Crippen LogP contribution is -2.45. The number of benzene rings is 1. The highest BCUT2D eigenvalue weighted by atomic mass is 16.1. The molecule has 1 saturated heterocycles. The van der Waals surface area contributed by atoms with Crippen LogP contribution < -0.4 is 10.2 Å². The number of hydrogen-bond donors (Lipinski definition) is 1. The summed E-state index contributed by atoms with van der Waals surface area (Å²) in [6, 6.07) is 9.20. The number of anilines is 2. The van der Waals surface area contributed by atoms with Gasteiger partial charge in [0.25, 0.3) is 5.91 Å². The lowest BCUT2D eigenvalue weighted by atomic mass is 10.1. The number of nitrogens with one attached hydrogen (secondary N) is 1. The highest BCUT2D eigenvalue weighted by Crippen LogP contribution is 2.22. The molecule has 1 amide bonds. The van der Waals surface area contributed by atoms with Crippen LogP contribution in [0.25, 0.3) is 5.69 Å². The highest BCUT2D eigenvalue weighted by molar-refractivity contribution is 6.05. The molecule has 1 N–H and O–H groups in total. The van der Waals surface area contributed by atoms with Gasteiger partial charge in [-0.2, -0.15) is 5.10 Å². The number of hydrogen-bond acceptors (Lipinski definition) is 6. The van der Waals surface area contributed by atoms with Gasteiger partial charge in [0.1, 0.15) is 0 Å². The Balaban J connectivity index is 1.53. The number of aryl methyl sites for hydroxylation is 2. The van der Waals surface area contributed by atoms with Gasteiger partial charge >= 0.3 is 0 Å². The molecule has 4 rings (SSSR count). The van der Waals surface area contributed by atoms with Crippen LogP contribution in [0, 0.1) is 13.8 Å². The molecule has 1 fully saturated rings. The average molecular weight is 391 g/mol. The number of aromatic nitrogens is 4. The summed E-state index contributed by atoms with van der Waals surface area (Å²) in [6.07, 6.45) is 3.55. The summed E-state index contributed by atoms with van der Waals surface area (Å²) in [5.74, 6) is 0.535. The van der Waals surface area contributed by atoms with E-state index in [4.69, 9.17) is 0 Å². The summed E-state index contributed by atoms with van der Waals surface area (Å²) in [5.41, 5.74) is 3.58. The summed E-state index contributed by atoms with van der Waals surface area (Å²) in [6.45, 7) is 7.61. The quantitative estimate of drug-likeness (QED) is 0.735. The average Bonchev–Trinajstić information content (AvgIpc) is 3.26. The van der Waals surface area contributed by atoms with Crippen LogP contribution in [0.3, 0.4) is 0 Å². The second kappa shape index (κ2) is 8.00. The second-order valence-electron chi connectivity index (χ2n) is 7.31.